The van der Waals surface area contributed by atoms with Crippen LogP contribution in [0.4, 0.5) is 65.9 Å². The molecule has 0 aliphatic rings. The molecule has 0 spiro atoms. The highest BCUT2D eigenvalue weighted by Crippen LogP contribution is 2.62. The monoisotopic (exact) mass is 626 g/mol. The Balaban J connectivity index is 6.40. The first-order chi connectivity index (χ1) is 17.1. The summed E-state index contributed by atoms with van der Waals surface area (Å²) in [4.78, 5) is 24.0. The van der Waals surface area contributed by atoms with Gasteiger partial charge < -0.3 is 9.84 Å². The number of carboxylic acids is 1. The molecule has 0 fully saturated rings. The van der Waals surface area contributed by atoms with E-state index in [9.17, 15) is 80.6 Å². The van der Waals surface area contributed by atoms with Crippen molar-refractivity contribution in [2.24, 2.45) is 16.2 Å². The highest BCUT2D eigenvalue weighted by Gasteiger charge is 2.93. The van der Waals surface area contributed by atoms with Crippen molar-refractivity contribution in [2.75, 3.05) is 6.61 Å². The van der Waals surface area contributed by atoms with Crippen LogP contribution in [0.3, 0.4) is 0 Å². The van der Waals surface area contributed by atoms with Crippen LogP contribution in [0.5, 0.6) is 0 Å². The highest BCUT2D eigenvalue weighted by molar-refractivity contribution is 5.78. The number of ether oxygens (including phenoxy) is 1. The van der Waals surface area contributed by atoms with Gasteiger partial charge >= 0.3 is 53.7 Å². The normalized spacial score (nSPS) is 16.9. The van der Waals surface area contributed by atoms with Gasteiger partial charge in [0.05, 0.1) is 10.8 Å². The van der Waals surface area contributed by atoms with Crippen molar-refractivity contribution in [1.29, 1.82) is 0 Å². The number of halogens is 15. The van der Waals surface area contributed by atoms with E-state index in [0.717, 1.165) is 6.92 Å². The van der Waals surface area contributed by atoms with Crippen molar-refractivity contribution >= 4 is 11.9 Å². The largest absolute Gasteiger partial charge is 0.481 e. The Morgan fingerprint density at radius 3 is 1.30 bits per heavy atom. The number of rotatable bonds is 13. The number of alkyl halides is 15. The lowest BCUT2D eigenvalue weighted by Crippen LogP contribution is -2.73. The molecule has 0 bridgehead atoms. The minimum Gasteiger partial charge on any atom is -0.481 e. The molecular formula is C21H25F15O4. The van der Waals surface area contributed by atoms with Gasteiger partial charge in [0.15, 0.2) is 6.61 Å². The van der Waals surface area contributed by atoms with E-state index < -0.39 is 89.3 Å². The molecule has 0 saturated carbocycles. The molecule has 0 saturated heterocycles. The van der Waals surface area contributed by atoms with Crippen molar-refractivity contribution in [2.45, 2.75) is 96.1 Å². The molecule has 0 aliphatic heterocycles. The number of carbonyl (C=O) groups is 2. The fourth-order valence-corrected chi connectivity index (χ4v) is 3.68. The molecule has 1 unspecified atom stereocenters. The maximum absolute atomic E-state index is 14.1. The van der Waals surface area contributed by atoms with Gasteiger partial charge in [-0.25, -0.2) is 0 Å². The Hall–Kier alpha value is -2.11. The molecule has 0 aromatic carbocycles. The van der Waals surface area contributed by atoms with E-state index in [-0.39, 0.29) is 0 Å². The highest BCUT2D eigenvalue weighted by atomic mass is 19.4. The van der Waals surface area contributed by atoms with Crippen LogP contribution in [-0.4, -0.2) is 65.4 Å². The quantitative estimate of drug-likeness (QED) is 0.167. The number of hydrogen-bond donors (Lipinski definition) is 1. The smallest absolute Gasteiger partial charge is 0.460 e. The molecule has 0 aromatic rings. The zero-order chi connectivity index (χ0) is 33.0. The van der Waals surface area contributed by atoms with Crippen LogP contribution in [0.1, 0.15) is 54.4 Å². The topological polar surface area (TPSA) is 63.6 Å². The molecule has 0 heterocycles. The van der Waals surface area contributed by atoms with Crippen LogP contribution in [-0.2, 0) is 14.3 Å². The lowest BCUT2D eigenvalue weighted by atomic mass is 9.59. The summed E-state index contributed by atoms with van der Waals surface area (Å²) in [5, 5.41) is 9.28. The van der Waals surface area contributed by atoms with E-state index in [2.05, 4.69) is 4.74 Å². The Morgan fingerprint density at radius 2 is 0.975 bits per heavy atom. The standard InChI is InChI=1S/C21H25F15O4/c1-7-14(6,13(4,5)8-12(2,3)10(37)38)11(39)40-9-15(22,23)16(24,25)17(26,27)18(28,29)19(30,31)20(32,33)21(34,35)36/h7-9H2,1-6H3,(H,37,38). The maximum Gasteiger partial charge on any atom is 0.460 e. The molecule has 40 heavy (non-hydrogen) atoms. The zero-order valence-corrected chi connectivity index (χ0v) is 21.5. The molecule has 0 rings (SSSR count). The molecule has 4 nitrogen and oxygen atoms in total. The summed E-state index contributed by atoms with van der Waals surface area (Å²) < 4.78 is 204. The number of carboxylic acid groups (broad SMARTS) is 1. The van der Waals surface area contributed by atoms with Crippen LogP contribution < -0.4 is 0 Å². The van der Waals surface area contributed by atoms with E-state index in [1.807, 2.05) is 0 Å². The van der Waals surface area contributed by atoms with E-state index in [4.69, 9.17) is 0 Å². The van der Waals surface area contributed by atoms with Crippen molar-refractivity contribution in [3.05, 3.63) is 0 Å². The van der Waals surface area contributed by atoms with E-state index in [1.54, 1.807) is 0 Å². The number of esters is 1. The Morgan fingerprint density at radius 1 is 0.625 bits per heavy atom. The number of carbonyl (C=O) groups excluding carboxylic acids is 1. The summed E-state index contributed by atoms with van der Waals surface area (Å²) in [5.41, 5.74) is -5.23. The third-order valence-corrected chi connectivity index (χ3v) is 6.89. The Bertz CT molecular complexity index is 954. The summed E-state index contributed by atoms with van der Waals surface area (Å²) in [6.45, 7) is 3.65. The molecule has 1 N–H and O–H groups in total. The van der Waals surface area contributed by atoms with Gasteiger partial charge in [0, 0.05) is 0 Å². The van der Waals surface area contributed by atoms with Gasteiger partial charge in [-0.3, -0.25) is 9.59 Å². The molecule has 1 atom stereocenters. The van der Waals surface area contributed by atoms with Crippen molar-refractivity contribution < 1.29 is 85.3 Å². The first-order valence-electron chi connectivity index (χ1n) is 10.8. The van der Waals surface area contributed by atoms with Crippen LogP contribution in [0, 0.1) is 16.2 Å². The minimum atomic E-state index is -8.45. The van der Waals surface area contributed by atoms with Crippen LogP contribution in [0.15, 0.2) is 0 Å². The number of aliphatic carboxylic acids is 1. The molecular weight excluding hydrogens is 601 g/mol. The summed E-state index contributed by atoms with van der Waals surface area (Å²) in [6, 6.07) is 0. The first-order valence-corrected chi connectivity index (χ1v) is 10.8. The third-order valence-electron chi connectivity index (χ3n) is 6.89. The van der Waals surface area contributed by atoms with Crippen LogP contribution in [0.25, 0.3) is 0 Å². The molecule has 0 aromatic heterocycles. The van der Waals surface area contributed by atoms with Gasteiger partial charge in [-0.15, -0.1) is 0 Å². The minimum absolute atomic E-state index is 0.413. The molecule has 0 radical (unpaired) electrons. The SMILES string of the molecule is CCC(C)(C(=O)OCC(F)(F)C(F)(F)C(F)(F)C(F)(F)C(F)(F)C(F)(F)C(F)(F)F)C(C)(C)CC(C)(C)C(=O)O. The van der Waals surface area contributed by atoms with Gasteiger partial charge in [-0.2, -0.15) is 65.9 Å². The maximum atomic E-state index is 14.1. The van der Waals surface area contributed by atoms with Crippen molar-refractivity contribution in [1.82, 2.24) is 0 Å². The summed E-state index contributed by atoms with van der Waals surface area (Å²) >= 11 is 0. The summed E-state index contributed by atoms with van der Waals surface area (Å²) in [7, 11) is 0. The predicted octanol–water partition coefficient (Wildman–Crippen LogP) is 7.85. The van der Waals surface area contributed by atoms with Crippen molar-refractivity contribution in [3.8, 4) is 0 Å². The van der Waals surface area contributed by atoms with Gasteiger partial charge in [0.1, 0.15) is 0 Å². The lowest BCUT2D eigenvalue weighted by molar-refractivity contribution is -0.453. The van der Waals surface area contributed by atoms with E-state index >= 15 is 0 Å². The Kier molecular flexibility index (Phi) is 9.77. The second-order valence-electron chi connectivity index (χ2n) is 10.6. The zero-order valence-electron chi connectivity index (χ0n) is 21.5. The molecule has 19 heteroatoms. The van der Waals surface area contributed by atoms with E-state index in [1.165, 1.54) is 34.6 Å². The van der Waals surface area contributed by atoms with Crippen molar-refractivity contribution in [3.63, 3.8) is 0 Å². The lowest BCUT2D eigenvalue weighted by Gasteiger charge is -2.45. The fraction of sp³-hybridized carbons (Fsp3) is 0.905. The third kappa shape index (κ3) is 5.66. The van der Waals surface area contributed by atoms with E-state index in [0.29, 0.717) is 0 Å². The average Bonchev–Trinajstić information content (AvgIpc) is 2.74. The summed E-state index contributed by atoms with van der Waals surface area (Å²) in [6.07, 6.45) is -8.55. The van der Waals surface area contributed by atoms with Gasteiger partial charge in [0.2, 0.25) is 0 Å². The second kappa shape index (κ2) is 10.3. The van der Waals surface area contributed by atoms with Gasteiger partial charge in [-0.1, -0.05) is 20.8 Å². The first kappa shape index (κ1) is 37.9. The van der Waals surface area contributed by atoms with Crippen LogP contribution in [0.2, 0.25) is 0 Å². The number of hydrogen-bond acceptors (Lipinski definition) is 3. The van der Waals surface area contributed by atoms with Crippen LogP contribution >= 0.6 is 0 Å². The molecule has 0 amide bonds. The Labute approximate surface area is 217 Å². The molecule has 0 aliphatic carbocycles. The van der Waals surface area contributed by atoms with Gasteiger partial charge in [0.25, 0.3) is 0 Å². The average molecular weight is 626 g/mol. The summed E-state index contributed by atoms with van der Waals surface area (Å²) in [5.74, 6) is -51.1. The second-order valence-corrected chi connectivity index (χ2v) is 10.6. The van der Waals surface area contributed by atoms with Gasteiger partial charge in [-0.05, 0) is 39.0 Å². The molecule has 238 valence electrons. The fourth-order valence-electron chi connectivity index (χ4n) is 3.68. The predicted molar refractivity (Wildman–Crippen MR) is 105 cm³/mol.